The molecule has 0 aromatic heterocycles. The first-order chi connectivity index (χ1) is 9.22. The molecule has 0 heterocycles. The number of amides is 1. The summed E-state index contributed by atoms with van der Waals surface area (Å²) in [6, 6.07) is 0. The lowest BCUT2D eigenvalue weighted by atomic mass is 9.87. The lowest BCUT2D eigenvalue weighted by Crippen LogP contribution is -2.37. The van der Waals surface area contributed by atoms with E-state index in [4.69, 9.17) is 5.73 Å². The van der Waals surface area contributed by atoms with Crippen LogP contribution in [0.15, 0.2) is 0 Å². The van der Waals surface area contributed by atoms with Gasteiger partial charge in [0, 0.05) is 19.5 Å². The van der Waals surface area contributed by atoms with Crippen molar-refractivity contribution in [1.82, 2.24) is 4.90 Å². The van der Waals surface area contributed by atoms with Gasteiger partial charge in [-0.05, 0) is 37.6 Å². The van der Waals surface area contributed by atoms with E-state index in [0.717, 1.165) is 25.3 Å². The van der Waals surface area contributed by atoms with E-state index in [-0.39, 0.29) is 18.3 Å². The van der Waals surface area contributed by atoms with Crippen molar-refractivity contribution >= 4 is 18.3 Å². The first kappa shape index (κ1) is 17.8. The molecule has 2 N–H and O–H groups in total. The topological polar surface area (TPSA) is 46.3 Å². The van der Waals surface area contributed by atoms with Crippen molar-refractivity contribution < 1.29 is 4.79 Å². The standard InChI is InChI=1S/C16H30N2O.ClH/c1-18(11-10-13-6-3-2-4-7-13)16(19)15-9-5-8-14(15)12-17;/h13-15H,2-12,17H2,1H3;1H/t14-,15-;/m1./s1. The first-order valence-corrected chi connectivity index (χ1v) is 8.17. The summed E-state index contributed by atoms with van der Waals surface area (Å²) in [6.45, 7) is 1.62. The zero-order chi connectivity index (χ0) is 13.7. The monoisotopic (exact) mass is 302 g/mol. The van der Waals surface area contributed by atoms with Crippen LogP contribution in [0.2, 0.25) is 0 Å². The number of carbonyl (C=O) groups excluding carboxylic acids is 1. The summed E-state index contributed by atoms with van der Waals surface area (Å²) in [6.07, 6.45) is 11.5. The van der Waals surface area contributed by atoms with E-state index >= 15 is 0 Å². The van der Waals surface area contributed by atoms with Gasteiger partial charge >= 0.3 is 0 Å². The van der Waals surface area contributed by atoms with Gasteiger partial charge in [-0.1, -0.05) is 38.5 Å². The number of hydrogen-bond acceptors (Lipinski definition) is 2. The Labute approximate surface area is 130 Å². The van der Waals surface area contributed by atoms with Gasteiger partial charge in [-0.3, -0.25) is 4.79 Å². The highest BCUT2D eigenvalue weighted by Gasteiger charge is 2.33. The van der Waals surface area contributed by atoms with Gasteiger partial charge in [0.05, 0.1) is 0 Å². The Morgan fingerprint density at radius 3 is 2.45 bits per heavy atom. The minimum Gasteiger partial charge on any atom is -0.346 e. The fraction of sp³-hybridized carbons (Fsp3) is 0.938. The lowest BCUT2D eigenvalue weighted by Gasteiger charge is -2.27. The first-order valence-electron chi connectivity index (χ1n) is 8.17. The zero-order valence-corrected chi connectivity index (χ0v) is 13.7. The molecule has 2 fully saturated rings. The Bertz CT molecular complexity index is 292. The fourth-order valence-electron chi connectivity index (χ4n) is 3.89. The number of nitrogens with zero attached hydrogens (tertiary/aromatic N) is 1. The van der Waals surface area contributed by atoms with Gasteiger partial charge in [-0.15, -0.1) is 12.4 Å². The summed E-state index contributed by atoms with van der Waals surface area (Å²) >= 11 is 0. The Morgan fingerprint density at radius 2 is 1.80 bits per heavy atom. The second-order valence-corrected chi connectivity index (χ2v) is 6.59. The molecular weight excluding hydrogens is 272 g/mol. The van der Waals surface area contributed by atoms with Gasteiger partial charge < -0.3 is 10.6 Å². The summed E-state index contributed by atoms with van der Waals surface area (Å²) < 4.78 is 0. The van der Waals surface area contributed by atoms with Crippen LogP contribution < -0.4 is 5.73 Å². The molecule has 0 spiro atoms. The molecule has 0 unspecified atom stereocenters. The molecule has 4 heteroatoms. The Balaban J connectivity index is 0.00000200. The maximum Gasteiger partial charge on any atom is 0.225 e. The lowest BCUT2D eigenvalue weighted by molar-refractivity contribution is -0.135. The third-order valence-corrected chi connectivity index (χ3v) is 5.25. The molecule has 1 amide bonds. The smallest absolute Gasteiger partial charge is 0.225 e. The van der Waals surface area contributed by atoms with Crippen molar-refractivity contribution in [2.75, 3.05) is 20.1 Å². The fourth-order valence-corrected chi connectivity index (χ4v) is 3.89. The number of rotatable bonds is 5. The van der Waals surface area contributed by atoms with Gasteiger partial charge in [-0.25, -0.2) is 0 Å². The Kier molecular flexibility index (Phi) is 7.90. The summed E-state index contributed by atoms with van der Waals surface area (Å²) in [5.74, 6) is 1.85. The van der Waals surface area contributed by atoms with Crippen molar-refractivity contribution in [2.24, 2.45) is 23.5 Å². The summed E-state index contributed by atoms with van der Waals surface area (Å²) in [7, 11) is 1.98. The normalized spacial score (nSPS) is 27.1. The number of halogens is 1. The molecule has 2 atom stereocenters. The molecule has 2 saturated carbocycles. The van der Waals surface area contributed by atoms with E-state index in [2.05, 4.69) is 0 Å². The van der Waals surface area contributed by atoms with Crippen LogP contribution >= 0.6 is 12.4 Å². The maximum absolute atomic E-state index is 12.5. The highest BCUT2D eigenvalue weighted by molar-refractivity contribution is 5.85. The van der Waals surface area contributed by atoms with Crippen LogP contribution in [0.25, 0.3) is 0 Å². The third-order valence-electron chi connectivity index (χ3n) is 5.25. The van der Waals surface area contributed by atoms with Gasteiger partial charge in [0.1, 0.15) is 0 Å². The molecule has 0 aliphatic heterocycles. The number of carbonyl (C=O) groups is 1. The highest BCUT2D eigenvalue weighted by Crippen LogP contribution is 2.32. The minimum absolute atomic E-state index is 0. The SMILES string of the molecule is CN(CCC1CCCCC1)C(=O)[C@@H]1CCC[C@@H]1CN.Cl. The number of hydrogen-bond donors (Lipinski definition) is 1. The van der Waals surface area contributed by atoms with Crippen molar-refractivity contribution in [2.45, 2.75) is 57.8 Å². The Hall–Kier alpha value is -0.280. The predicted molar refractivity (Wildman–Crippen MR) is 86.0 cm³/mol. The second-order valence-electron chi connectivity index (χ2n) is 6.59. The van der Waals surface area contributed by atoms with Crippen LogP contribution in [-0.4, -0.2) is 30.9 Å². The molecule has 2 aliphatic carbocycles. The van der Waals surface area contributed by atoms with E-state index in [9.17, 15) is 4.79 Å². The molecule has 0 bridgehead atoms. The number of nitrogens with two attached hydrogens (primary N) is 1. The maximum atomic E-state index is 12.5. The largest absolute Gasteiger partial charge is 0.346 e. The second kappa shape index (κ2) is 8.89. The van der Waals surface area contributed by atoms with E-state index < -0.39 is 0 Å². The molecule has 0 aromatic carbocycles. The highest BCUT2D eigenvalue weighted by atomic mass is 35.5. The third kappa shape index (κ3) is 4.63. The van der Waals surface area contributed by atoms with Crippen molar-refractivity contribution in [3.63, 3.8) is 0 Å². The average Bonchev–Trinajstić information content (AvgIpc) is 2.93. The Morgan fingerprint density at radius 1 is 1.10 bits per heavy atom. The van der Waals surface area contributed by atoms with Gasteiger partial charge in [-0.2, -0.15) is 0 Å². The molecule has 2 aliphatic rings. The molecule has 0 radical (unpaired) electrons. The molecule has 3 nitrogen and oxygen atoms in total. The van der Waals surface area contributed by atoms with E-state index in [0.29, 0.717) is 18.4 Å². The van der Waals surface area contributed by atoms with Crippen LogP contribution in [-0.2, 0) is 4.79 Å². The van der Waals surface area contributed by atoms with Gasteiger partial charge in [0.25, 0.3) is 0 Å². The molecule has 2 rings (SSSR count). The van der Waals surface area contributed by atoms with Crippen LogP contribution in [0.4, 0.5) is 0 Å². The van der Waals surface area contributed by atoms with Gasteiger partial charge in [0.2, 0.25) is 5.91 Å². The minimum atomic E-state index is 0. The molecule has 20 heavy (non-hydrogen) atoms. The van der Waals surface area contributed by atoms with Crippen LogP contribution in [0.5, 0.6) is 0 Å². The van der Waals surface area contributed by atoms with E-state index in [1.807, 2.05) is 11.9 Å². The summed E-state index contributed by atoms with van der Waals surface area (Å²) in [5, 5.41) is 0. The zero-order valence-electron chi connectivity index (χ0n) is 12.9. The quantitative estimate of drug-likeness (QED) is 0.847. The summed E-state index contributed by atoms with van der Waals surface area (Å²) in [4.78, 5) is 14.4. The molecule has 118 valence electrons. The van der Waals surface area contributed by atoms with Crippen molar-refractivity contribution in [1.29, 1.82) is 0 Å². The van der Waals surface area contributed by atoms with E-state index in [1.165, 1.54) is 44.9 Å². The van der Waals surface area contributed by atoms with Gasteiger partial charge in [0.15, 0.2) is 0 Å². The molecule has 0 saturated heterocycles. The van der Waals surface area contributed by atoms with Crippen LogP contribution in [0.3, 0.4) is 0 Å². The molecule has 0 aromatic rings. The predicted octanol–water partition coefficient (Wildman–Crippen LogP) is 3.21. The average molecular weight is 303 g/mol. The van der Waals surface area contributed by atoms with Crippen molar-refractivity contribution in [3.8, 4) is 0 Å². The summed E-state index contributed by atoms with van der Waals surface area (Å²) in [5.41, 5.74) is 5.78. The van der Waals surface area contributed by atoms with Crippen LogP contribution in [0.1, 0.15) is 57.8 Å². The van der Waals surface area contributed by atoms with E-state index in [1.54, 1.807) is 0 Å². The van der Waals surface area contributed by atoms with Crippen molar-refractivity contribution in [3.05, 3.63) is 0 Å². The molecular formula is C16H31ClN2O. The van der Waals surface area contributed by atoms with Crippen LogP contribution in [0, 0.1) is 17.8 Å².